The summed E-state index contributed by atoms with van der Waals surface area (Å²) >= 11 is 0. The van der Waals surface area contributed by atoms with Crippen molar-refractivity contribution in [2.24, 2.45) is 0 Å². The molecule has 1 aromatic heterocycles. The first-order valence-corrected chi connectivity index (χ1v) is 10.9. The van der Waals surface area contributed by atoms with Crippen LogP contribution in [-0.4, -0.2) is 36.9 Å². The third kappa shape index (κ3) is 5.11. The first-order chi connectivity index (χ1) is 17.6. The van der Waals surface area contributed by atoms with E-state index in [4.69, 9.17) is 9.47 Å². The number of benzene rings is 2. The van der Waals surface area contributed by atoms with Crippen molar-refractivity contribution in [1.29, 1.82) is 0 Å². The molecule has 0 unspecified atom stereocenters. The fraction of sp³-hybridized carbons (Fsp3) is 0.192. The van der Waals surface area contributed by atoms with Crippen molar-refractivity contribution in [3.63, 3.8) is 0 Å². The molecule has 1 amide bonds. The normalized spacial score (nSPS) is 16.7. The van der Waals surface area contributed by atoms with Gasteiger partial charge in [-0.2, -0.15) is 0 Å². The van der Waals surface area contributed by atoms with Gasteiger partial charge >= 0.3 is 12.3 Å². The molecule has 2 heterocycles. The number of amides is 1. The summed E-state index contributed by atoms with van der Waals surface area (Å²) < 4.78 is 66.9. The van der Waals surface area contributed by atoms with Gasteiger partial charge in [0.05, 0.1) is 19.3 Å². The standard InChI is InChI=1S/C26H20F4N2O5/c1-3-15-13-16(6-8-18(15)24(34)35-2)23(33)32-25(10-12-36-21-5-4-11-31-22(21)25)17-7-9-20(19(27)14-17)37-26(28,29)30/h3-9,11,13-14H,1,10,12H2,2H3,(H,32,33)/t25-/m0/s1. The molecule has 0 spiro atoms. The highest BCUT2D eigenvalue weighted by Crippen LogP contribution is 2.42. The van der Waals surface area contributed by atoms with E-state index < -0.39 is 35.3 Å². The lowest BCUT2D eigenvalue weighted by Crippen LogP contribution is -2.50. The molecular weight excluding hydrogens is 496 g/mol. The van der Waals surface area contributed by atoms with E-state index in [1.807, 2.05) is 0 Å². The molecule has 1 aliphatic rings. The van der Waals surface area contributed by atoms with Crippen LogP contribution in [0.4, 0.5) is 17.6 Å². The van der Waals surface area contributed by atoms with Crippen molar-refractivity contribution in [3.05, 3.63) is 95.1 Å². The first kappa shape index (κ1) is 25.7. The Kier molecular flexibility index (Phi) is 6.88. The Hall–Kier alpha value is -4.41. The lowest BCUT2D eigenvalue weighted by atomic mass is 9.81. The van der Waals surface area contributed by atoms with E-state index in [0.29, 0.717) is 11.3 Å². The third-order valence-corrected chi connectivity index (χ3v) is 5.83. The maximum Gasteiger partial charge on any atom is 0.573 e. The van der Waals surface area contributed by atoms with Crippen molar-refractivity contribution in [2.75, 3.05) is 13.7 Å². The molecule has 0 bridgehead atoms. The van der Waals surface area contributed by atoms with Crippen LogP contribution in [0.15, 0.2) is 61.3 Å². The SMILES string of the molecule is C=Cc1cc(C(=O)N[C@]2(c3ccc(OC(F)(F)F)c(F)c3)CCOc3cccnc32)ccc1C(=O)OC. The van der Waals surface area contributed by atoms with Gasteiger partial charge in [0, 0.05) is 18.2 Å². The number of esters is 1. The van der Waals surface area contributed by atoms with E-state index in [1.54, 1.807) is 12.1 Å². The Morgan fingerprint density at radius 1 is 1.19 bits per heavy atom. The predicted molar refractivity (Wildman–Crippen MR) is 124 cm³/mol. The molecular formula is C26H20F4N2O5. The average Bonchev–Trinajstić information content (AvgIpc) is 2.88. The molecule has 0 fully saturated rings. The van der Waals surface area contributed by atoms with Crippen LogP contribution in [0.3, 0.4) is 0 Å². The zero-order valence-electron chi connectivity index (χ0n) is 19.4. The largest absolute Gasteiger partial charge is 0.573 e. The summed E-state index contributed by atoms with van der Waals surface area (Å²) in [7, 11) is 1.22. The van der Waals surface area contributed by atoms with E-state index in [-0.39, 0.29) is 35.4 Å². The minimum Gasteiger partial charge on any atom is -0.491 e. The van der Waals surface area contributed by atoms with Crippen LogP contribution in [0.1, 0.15) is 44.0 Å². The van der Waals surface area contributed by atoms with Gasteiger partial charge in [-0.3, -0.25) is 9.78 Å². The monoisotopic (exact) mass is 516 g/mol. The third-order valence-electron chi connectivity index (χ3n) is 5.83. The lowest BCUT2D eigenvalue weighted by Gasteiger charge is -2.39. The molecule has 4 rings (SSSR count). The Morgan fingerprint density at radius 3 is 2.65 bits per heavy atom. The maximum absolute atomic E-state index is 14.7. The highest BCUT2D eigenvalue weighted by atomic mass is 19.4. The van der Waals surface area contributed by atoms with Gasteiger partial charge in [-0.25, -0.2) is 9.18 Å². The average molecular weight is 516 g/mol. The van der Waals surface area contributed by atoms with E-state index in [9.17, 15) is 27.2 Å². The summed E-state index contributed by atoms with van der Waals surface area (Å²) in [5.74, 6) is -3.20. The number of nitrogens with zero attached hydrogens (tertiary/aromatic N) is 1. The van der Waals surface area contributed by atoms with Crippen molar-refractivity contribution in [2.45, 2.75) is 18.3 Å². The van der Waals surface area contributed by atoms with Gasteiger partial charge in [0.15, 0.2) is 11.6 Å². The first-order valence-electron chi connectivity index (χ1n) is 10.9. The molecule has 0 radical (unpaired) electrons. The molecule has 2 aromatic carbocycles. The summed E-state index contributed by atoms with van der Waals surface area (Å²) in [6.07, 6.45) is -2.15. The van der Waals surface area contributed by atoms with E-state index in [2.05, 4.69) is 21.6 Å². The second-order valence-corrected chi connectivity index (χ2v) is 8.00. The summed E-state index contributed by atoms with van der Waals surface area (Å²) in [4.78, 5) is 29.8. The molecule has 7 nitrogen and oxygen atoms in total. The number of methoxy groups -OCH3 is 1. The summed E-state index contributed by atoms with van der Waals surface area (Å²) in [6.45, 7) is 3.76. The van der Waals surface area contributed by atoms with Gasteiger partial charge < -0.3 is 19.5 Å². The molecule has 1 aliphatic heterocycles. The second kappa shape index (κ2) is 9.92. The smallest absolute Gasteiger partial charge is 0.491 e. The highest BCUT2D eigenvalue weighted by Gasteiger charge is 2.43. The highest BCUT2D eigenvalue weighted by molar-refractivity contribution is 5.99. The van der Waals surface area contributed by atoms with Crippen molar-refractivity contribution < 1.29 is 41.4 Å². The molecule has 1 N–H and O–H groups in total. The number of nitrogens with one attached hydrogen (secondary N) is 1. The number of hydrogen-bond acceptors (Lipinski definition) is 6. The minimum absolute atomic E-state index is 0.0935. The zero-order chi connectivity index (χ0) is 26.8. The van der Waals surface area contributed by atoms with Gasteiger partial charge in [0.2, 0.25) is 0 Å². The Labute approximate surface area is 208 Å². The number of pyridine rings is 1. The van der Waals surface area contributed by atoms with Crippen LogP contribution in [-0.2, 0) is 10.3 Å². The van der Waals surface area contributed by atoms with E-state index >= 15 is 0 Å². The van der Waals surface area contributed by atoms with Crippen molar-refractivity contribution in [1.82, 2.24) is 10.3 Å². The fourth-order valence-electron chi connectivity index (χ4n) is 4.14. The molecule has 0 aliphatic carbocycles. The van der Waals surface area contributed by atoms with Crippen LogP contribution in [0, 0.1) is 5.82 Å². The zero-order valence-corrected chi connectivity index (χ0v) is 19.4. The fourth-order valence-corrected chi connectivity index (χ4v) is 4.14. The number of ether oxygens (including phenoxy) is 3. The Balaban J connectivity index is 1.79. The van der Waals surface area contributed by atoms with Gasteiger partial charge in [-0.05, 0) is 53.6 Å². The summed E-state index contributed by atoms with van der Waals surface area (Å²) in [5.41, 5.74) is -0.398. The summed E-state index contributed by atoms with van der Waals surface area (Å²) in [5, 5.41) is 2.87. The van der Waals surface area contributed by atoms with Crippen LogP contribution < -0.4 is 14.8 Å². The number of hydrogen-bond donors (Lipinski definition) is 1. The maximum atomic E-state index is 14.7. The molecule has 0 saturated carbocycles. The molecule has 0 saturated heterocycles. The molecule has 3 aromatic rings. The van der Waals surface area contributed by atoms with Gasteiger partial charge in [-0.15, -0.1) is 13.2 Å². The number of halogens is 4. The van der Waals surface area contributed by atoms with Crippen LogP contribution in [0.2, 0.25) is 0 Å². The minimum atomic E-state index is -5.08. The number of aromatic nitrogens is 1. The van der Waals surface area contributed by atoms with Crippen LogP contribution >= 0.6 is 0 Å². The van der Waals surface area contributed by atoms with Gasteiger partial charge in [0.1, 0.15) is 17.0 Å². The van der Waals surface area contributed by atoms with E-state index in [0.717, 1.165) is 12.1 Å². The molecule has 37 heavy (non-hydrogen) atoms. The lowest BCUT2D eigenvalue weighted by molar-refractivity contribution is -0.275. The van der Waals surface area contributed by atoms with E-state index in [1.165, 1.54) is 43.6 Å². The molecule has 1 atom stereocenters. The van der Waals surface area contributed by atoms with Crippen molar-refractivity contribution in [3.8, 4) is 11.5 Å². The molecule has 192 valence electrons. The molecule has 11 heteroatoms. The van der Waals surface area contributed by atoms with Gasteiger partial charge in [-0.1, -0.05) is 18.7 Å². The van der Waals surface area contributed by atoms with Crippen molar-refractivity contribution >= 4 is 18.0 Å². The van der Waals surface area contributed by atoms with Crippen LogP contribution in [0.25, 0.3) is 6.08 Å². The quantitative estimate of drug-likeness (QED) is 0.367. The number of fused-ring (bicyclic) bond motifs is 1. The van der Waals surface area contributed by atoms with Crippen LogP contribution in [0.5, 0.6) is 11.5 Å². The second-order valence-electron chi connectivity index (χ2n) is 8.00. The number of alkyl halides is 3. The Bertz CT molecular complexity index is 1380. The number of carbonyl (C=O) groups excluding carboxylic acids is 2. The van der Waals surface area contributed by atoms with Gasteiger partial charge in [0.25, 0.3) is 5.91 Å². The summed E-state index contributed by atoms with van der Waals surface area (Å²) in [6, 6.07) is 10.4. The Morgan fingerprint density at radius 2 is 1.97 bits per heavy atom. The number of carbonyl (C=O) groups is 2. The predicted octanol–water partition coefficient (Wildman–Crippen LogP) is 5.01. The topological polar surface area (TPSA) is 86.8 Å². The number of rotatable bonds is 6.